The first-order chi connectivity index (χ1) is 14.0. The normalized spacial score (nSPS) is 11.1. The number of carbonyl (C=O) groups is 1. The van der Waals surface area contributed by atoms with Crippen LogP contribution in [0.4, 0.5) is 17.1 Å². The molecule has 0 aliphatic heterocycles. The number of nitro benzene ring substituents is 1. The number of ether oxygens (including phenoxy) is 1. The van der Waals surface area contributed by atoms with E-state index >= 15 is 0 Å². The number of amides is 1. The van der Waals surface area contributed by atoms with Crippen LogP contribution < -0.4 is 14.4 Å². The Bertz CT molecular complexity index is 1030. The molecule has 162 valence electrons. The minimum Gasteiger partial charge on any atom is -0.495 e. The van der Waals surface area contributed by atoms with Crippen molar-refractivity contribution in [3.8, 4) is 5.75 Å². The molecule has 0 spiro atoms. The van der Waals surface area contributed by atoms with E-state index < -0.39 is 14.9 Å². The lowest BCUT2D eigenvalue weighted by Gasteiger charge is -2.24. The molecule has 0 aliphatic carbocycles. The van der Waals surface area contributed by atoms with Gasteiger partial charge in [0.2, 0.25) is 15.9 Å². The molecule has 1 amide bonds. The third-order valence-corrected chi connectivity index (χ3v) is 5.49. The standard InChI is InChI=1S/C20H25N3O6S/c1-14-10-15(2)12-16(11-14)21-20(24)6-5-9-22(30(4,27)28)18-13-17(23(25)26)7-8-19(18)29-3/h7-8,10-13H,5-6,9H2,1-4H3,(H,21,24). The number of hydrogen-bond acceptors (Lipinski definition) is 6. The zero-order valence-electron chi connectivity index (χ0n) is 17.3. The van der Waals surface area contributed by atoms with Crippen LogP contribution in [0.15, 0.2) is 36.4 Å². The summed E-state index contributed by atoms with van der Waals surface area (Å²) in [6.45, 7) is 3.83. The molecule has 2 aromatic rings. The summed E-state index contributed by atoms with van der Waals surface area (Å²) in [7, 11) is -2.41. The van der Waals surface area contributed by atoms with E-state index in [1.165, 1.54) is 19.2 Å². The number of rotatable bonds is 9. The molecule has 0 saturated heterocycles. The highest BCUT2D eigenvalue weighted by Crippen LogP contribution is 2.33. The van der Waals surface area contributed by atoms with Crippen LogP contribution in [0.1, 0.15) is 24.0 Å². The molecular weight excluding hydrogens is 410 g/mol. The predicted octanol–water partition coefficient (Wildman–Crippen LogP) is 3.41. The maximum absolute atomic E-state index is 12.3. The molecule has 0 aromatic heterocycles. The lowest BCUT2D eigenvalue weighted by atomic mass is 10.1. The van der Waals surface area contributed by atoms with E-state index in [1.807, 2.05) is 32.0 Å². The Balaban J connectivity index is 2.14. The number of sulfonamides is 1. The van der Waals surface area contributed by atoms with Gasteiger partial charge in [-0.2, -0.15) is 0 Å². The van der Waals surface area contributed by atoms with Crippen LogP contribution in [0.2, 0.25) is 0 Å². The van der Waals surface area contributed by atoms with Gasteiger partial charge < -0.3 is 10.1 Å². The smallest absolute Gasteiger partial charge is 0.271 e. The summed E-state index contributed by atoms with van der Waals surface area (Å²) in [6, 6.07) is 9.42. The van der Waals surface area contributed by atoms with Crippen molar-refractivity contribution in [3.63, 3.8) is 0 Å². The Morgan fingerprint density at radius 2 is 1.80 bits per heavy atom. The highest BCUT2D eigenvalue weighted by molar-refractivity contribution is 7.92. The zero-order chi connectivity index (χ0) is 22.5. The average Bonchev–Trinajstić information content (AvgIpc) is 2.62. The first kappa shape index (κ1) is 23.1. The average molecular weight is 436 g/mol. The van der Waals surface area contributed by atoms with Gasteiger partial charge in [-0.15, -0.1) is 0 Å². The fourth-order valence-electron chi connectivity index (χ4n) is 3.11. The van der Waals surface area contributed by atoms with Gasteiger partial charge >= 0.3 is 0 Å². The summed E-state index contributed by atoms with van der Waals surface area (Å²) >= 11 is 0. The van der Waals surface area contributed by atoms with E-state index in [-0.39, 0.29) is 42.4 Å². The molecule has 0 bridgehead atoms. The number of anilines is 2. The van der Waals surface area contributed by atoms with Crippen molar-refractivity contribution in [1.29, 1.82) is 0 Å². The fourth-order valence-corrected chi connectivity index (χ4v) is 4.07. The zero-order valence-corrected chi connectivity index (χ0v) is 18.2. The molecule has 0 atom stereocenters. The van der Waals surface area contributed by atoms with Crippen LogP contribution >= 0.6 is 0 Å². The molecule has 9 nitrogen and oxygen atoms in total. The lowest BCUT2D eigenvalue weighted by molar-refractivity contribution is -0.384. The van der Waals surface area contributed by atoms with Gasteiger partial charge in [-0.3, -0.25) is 19.2 Å². The SMILES string of the molecule is COc1ccc([N+](=O)[O-])cc1N(CCCC(=O)Nc1cc(C)cc(C)c1)S(C)(=O)=O. The number of aryl methyl sites for hydroxylation is 2. The molecule has 2 aromatic carbocycles. The van der Waals surface area contributed by atoms with Crippen LogP contribution in [-0.4, -0.2) is 39.2 Å². The first-order valence-electron chi connectivity index (χ1n) is 9.19. The van der Waals surface area contributed by atoms with Gasteiger partial charge in [0.05, 0.1) is 18.3 Å². The van der Waals surface area contributed by atoms with Gasteiger partial charge in [-0.05, 0) is 49.6 Å². The second-order valence-electron chi connectivity index (χ2n) is 6.98. The minimum atomic E-state index is -3.76. The highest BCUT2D eigenvalue weighted by atomic mass is 32.2. The third kappa shape index (κ3) is 6.18. The first-order valence-corrected chi connectivity index (χ1v) is 11.0. The second-order valence-corrected chi connectivity index (χ2v) is 8.88. The number of non-ortho nitro benzene ring substituents is 1. The van der Waals surface area contributed by atoms with Crippen molar-refractivity contribution in [2.75, 3.05) is 29.5 Å². The largest absolute Gasteiger partial charge is 0.495 e. The lowest BCUT2D eigenvalue weighted by Crippen LogP contribution is -2.32. The minimum absolute atomic E-state index is 0.0311. The third-order valence-electron chi connectivity index (χ3n) is 4.31. The maximum atomic E-state index is 12.3. The molecule has 2 rings (SSSR count). The summed E-state index contributed by atoms with van der Waals surface area (Å²) in [5.41, 5.74) is 2.52. The fraction of sp³-hybridized carbons (Fsp3) is 0.350. The molecule has 1 N–H and O–H groups in total. The number of carbonyl (C=O) groups excluding carboxylic acids is 1. The summed E-state index contributed by atoms with van der Waals surface area (Å²) in [4.78, 5) is 22.8. The Morgan fingerprint density at radius 1 is 1.17 bits per heavy atom. The van der Waals surface area contributed by atoms with Crippen LogP contribution in [-0.2, 0) is 14.8 Å². The van der Waals surface area contributed by atoms with Crippen molar-refractivity contribution in [2.24, 2.45) is 0 Å². The van der Waals surface area contributed by atoms with E-state index in [9.17, 15) is 23.3 Å². The molecule has 0 saturated carbocycles. The monoisotopic (exact) mass is 435 g/mol. The summed E-state index contributed by atoms with van der Waals surface area (Å²) < 4.78 is 30.8. The maximum Gasteiger partial charge on any atom is 0.271 e. The molecule has 0 radical (unpaired) electrons. The molecule has 0 fully saturated rings. The van der Waals surface area contributed by atoms with Gasteiger partial charge in [0.1, 0.15) is 11.4 Å². The van der Waals surface area contributed by atoms with Crippen LogP contribution in [0.5, 0.6) is 5.75 Å². The number of nitro groups is 1. The predicted molar refractivity (Wildman–Crippen MR) is 116 cm³/mol. The van der Waals surface area contributed by atoms with Crippen molar-refractivity contribution in [1.82, 2.24) is 0 Å². The second kappa shape index (κ2) is 9.57. The molecule has 0 unspecified atom stereocenters. The van der Waals surface area contributed by atoms with E-state index in [0.29, 0.717) is 5.69 Å². The van der Waals surface area contributed by atoms with Crippen molar-refractivity contribution in [3.05, 3.63) is 57.6 Å². The number of benzene rings is 2. The van der Waals surface area contributed by atoms with Gasteiger partial charge in [-0.25, -0.2) is 8.42 Å². The Morgan fingerprint density at radius 3 is 2.33 bits per heavy atom. The molecule has 0 heterocycles. The van der Waals surface area contributed by atoms with Crippen molar-refractivity contribution >= 4 is 33.0 Å². The summed E-state index contributed by atoms with van der Waals surface area (Å²) in [6.07, 6.45) is 1.30. The van der Waals surface area contributed by atoms with Crippen LogP contribution in [0.25, 0.3) is 0 Å². The Labute approximate surface area is 175 Å². The van der Waals surface area contributed by atoms with E-state index in [1.54, 1.807) is 0 Å². The van der Waals surface area contributed by atoms with Gasteiger partial charge in [0.15, 0.2) is 0 Å². The van der Waals surface area contributed by atoms with Gasteiger partial charge in [-0.1, -0.05) is 6.07 Å². The summed E-state index contributed by atoms with van der Waals surface area (Å²) in [5.74, 6) is -0.0647. The topological polar surface area (TPSA) is 119 Å². The van der Waals surface area contributed by atoms with E-state index in [4.69, 9.17) is 4.74 Å². The van der Waals surface area contributed by atoms with E-state index in [2.05, 4.69) is 5.32 Å². The van der Waals surface area contributed by atoms with Gasteiger partial charge in [0, 0.05) is 30.8 Å². The molecule has 30 heavy (non-hydrogen) atoms. The van der Waals surface area contributed by atoms with Crippen molar-refractivity contribution < 1.29 is 22.9 Å². The quantitative estimate of drug-likeness (QED) is 0.476. The Hall–Kier alpha value is -3.14. The molecule has 10 heteroatoms. The molecular formula is C20H25N3O6S. The number of nitrogens with zero attached hydrogens (tertiary/aromatic N) is 2. The Kier molecular flexibility index (Phi) is 7.38. The number of nitrogens with one attached hydrogen (secondary N) is 1. The number of hydrogen-bond donors (Lipinski definition) is 1. The van der Waals surface area contributed by atoms with Crippen LogP contribution in [0.3, 0.4) is 0 Å². The highest BCUT2D eigenvalue weighted by Gasteiger charge is 2.24. The van der Waals surface area contributed by atoms with E-state index in [0.717, 1.165) is 27.8 Å². The molecule has 0 aliphatic rings. The van der Waals surface area contributed by atoms with Crippen LogP contribution in [0, 0.1) is 24.0 Å². The van der Waals surface area contributed by atoms with Gasteiger partial charge in [0.25, 0.3) is 5.69 Å². The summed E-state index contributed by atoms with van der Waals surface area (Å²) in [5, 5.41) is 13.9. The number of methoxy groups -OCH3 is 1. The van der Waals surface area contributed by atoms with Crippen molar-refractivity contribution in [2.45, 2.75) is 26.7 Å².